The highest BCUT2D eigenvalue weighted by Crippen LogP contribution is 2.25. The highest BCUT2D eigenvalue weighted by atomic mass is 35.5. The average Bonchev–Trinajstić information content (AvgIpc) is 3.07. The summed E-state index contributed by atoms with van der Waals surface area (Å²) < 4.78 is 4.77. The maximum Gasteiger partial charge on any atom is 0.322 e. The van der Waals surface area contributed by atoms with E-state index in [-0.39, 0.29) is 24.0 Å². The van der Waals surface area contributed by atoms with E-state index in [2.05, 4.69) is 5.32 Å². The zero-order chi connectivity index (χ0) is 16.8. The number of hydrogen-bond donors (Lipinski definition) is 1. The molecule has 1 atom stereocenters. The van der Waals surface area contributed by atoms with E-state index in [1.165, 1.54) is 7.11 Å². The van der Waals surface area contributed by atoms with Crippen molar-refractivity contribution in [2.45, 2.75) is 38.6 Å². The lowest BCUT2D eigenvalue weighted by Gasteiger charge is -2.30. The molecule has 0 radical (unpaired) electrons. The zero-order valence-corrected chi connectivity index (χ0v) is 14.3. The number of ether oxygens (including phenoxy) is 1. The molecule has 1 aliphatic rings. The van der Waals surface area contributed by atoms with Gasteiger partial charge in [0.25, 0.3) is 0 Å². The van der Waals surface area contributed by atoms with Gasteiger partial charge in [-0.1, -0.05) is 31.4 Å². The van der Waals surface area contributed by atoms with Crippen LogP contribution in [0.2, 0.25) is 5.02 Å². The summed E-state index contributed by atoms with van der Waals surface area (Å²) in [7, 11) is 1.37. The number of halogens is 1. The fourth-order valence-corrected chi connectivity index (χ4v) is 3.04. The van der Waals surface area contributed by atoms with Crippen molar-refractivity contribution >= 4 is 29.3 Å². The van der Waals surface area contributed by atoms with Crippen molar-refractivity contribution in [3.63, 3.8) is 0 Å². The van der Waals surface area contributed by atoms with E-state index in [1.54, 1.807) is 36.1 Å². The number of carbonyl (C=O) groups is 2. The maximum absolute atomic E-state index is 12.7. The van der Waals surface area contributed by atoms with Gasteiger partial charge < -0.3 is 15.0 Å². The molecule has 2 amide bonds. The number of urea groups is 1. The minimum atomic E-state index is -0.350. The van der Waals surface area contributed by atoms with Gasteiger partial charge in [-0.25, -0.2) is 4.79 Å². The van der Waals surface area contributed by atoms with Crippen LogP contribution in [-0.4, -0.2) is 36.6 Å². The Bertz CT molecular complexity index is 541. The number of esters is 1. The predicted octanol–water partition coefficient (Wildman–Crippen LogP) is 3.93. The molecule has 5 nitrogen and oxygen atoms in total. The number of anilines is 1. The van der Waals surface area contributed by atoms with Gasteiger partial charge in [-0.2, -0.15) is 0 Å². The topological polar surface area (TPSA) is 58.6 Å². The Morgan fingerprint density at radius 3 is 2.48 bits per heavy atom. The third-order valence-electron chi connectivity index (χ3n) is 4.20. The Labute approximate surface area is 141 Å². The number of methoxy groups -OCH3 is 1. The number of benzene rings is 1. The van der Waals surface area contributed by atoms with Crippen LogP contribution in [0.15, 0.2) is 24.3 Å². The second-order valence-electron chi connectivity index (χ2n) is 5.95. The first kappa shape index (κ1) is 17.6. The van der Waals surface area contributed by atoms with Crippen LogP contribution in [0, 0.1) is 5.92 Å². The summed E-state index contributed by atoms with van der Waals surface area (Å²) in [6, 6.07) is 6.97. The predicted molar refractivity (Wildman–Crippen MR) is 90.6 cm³/mol. The quantitative estimate of drug-likeness (QED) is 0.828. The number of nitrogens with one attached hydrogen (secondary N) is 1. The van der Waals surface area contributed by atoms with E-state index in [4.69, 9.17) is 16.3 Å². The number of carbonyl (C=O) groups excluding carboxylic acids is 2. The molecule has 1 saturated carbocycles. The van der Waals surface area contributed by atoms with E-state index in [0.717, 1.165) is 25.7 Å². The van der Waals surface area contributed by atoms with Crippen LogP contribution in [0.3, 0.4) is 0 Å². The SMILES string of the molecule is COC(=O)C(C)CN(C(=O)Nc1ccc(Cl)cc1)C1CCCC1. The molecule has 0 spiro atoms. The Kier molecular flexibility index (Phi) is 6.28. The summed E-state index contributed by atoms with van der Waals surface area (Å²) in [6.07, 6.45) is 4.17. The lowest BCUT2D eigenvalue weighted by molar-refractivity contribution is -0.145. The van der Waals surface area contributed by atoms with Crippen molar-refractivity contribution < 1.29 is 14.3 Å². The van der Waals surface area contributed by atoms with Crippen molar-refractivity contribution in [2.75, 3.05) is 19.0 Å². The van der Waals surface area contributed by atoms with Gasteiger partial charge in [0, 0.05) is 23.3 Å². The molecule has 0 aromatic heterocycles. The molecular formula is C17H23ClN2O3. The molecule has 23 heavy (non-hydrogen) atoms. The van der Waals surface area contributed by atoms with Crippen LogP contribution in [0.25, 0.3) is 0 Å². The minimum absolute atomic E-state index is 0.175. The Balaban J connectivity index is 2.07. The van der Waals surface area contributed by atoms with E-state index in [9.17, 15) is 9.59 Å². The third-order valence-corrected chi connectivity index (χ3v) is 4.45. The van der Waals surface area contributed by atoms with Crippen LogP contribution in [-0.2, 0) is 9.53 Å². The van der Waals surface area contributed by atoms with Crippen LogP contribution in [0.5, 0.6) is 0 Å². The van der Waals surface area contributed by atoms with Crippen LogP contribution >= 0.6 is 11.6 Å². The Hall–Kier alpha value is -1.75. The van der Waals surface area contributed by atoms with Gasteiger partial charge in [-0.15, -0.1) is 0 Å². The van der Waals surface area contributed by atoms with Crippen molar-refractivity contribution in [3.05, 3.63) is 29.3 Å². The van der Waals surface area contributed by atoms with E-state index in [0.29, 0.717) is 17.3 Å². The minimum Gasteiger partial charge on any atom is -0.469 e. The second kappa shape index (κ2) is 8.20. The molecule has 0 aliphatic heterocycles. The number of hydrogen-bond acceptors (Lipinski definition) is 3. The van der Waals surface area contributed by atoms with Crippen LogP contribution in [0.1, 0.15) is 32.6 Å². The molecular weight excluding hydrogens is 316 g/mol. The van der Waals surface area contributed by atoms with Crippen LogP contribution in [0.4, 0.5) is 10.5 Å². The van der Waals surface area contributed by atoms with Crippen molar-refractivity contribution in [1.29, 1.82) is 0 Å². The van der Waals surface area contributed by atoms with Crippen molar-refractivity contribution in [2.24, 2.45) is 5.92 Å². The highest BCUT2D eigenvalue weighted by Gasteiger charge is 2.30. The van der Waals surface area contributed by atoms with Gasteiger partial charge in [0.05, 0.1) is 13.0 Å². The van der Waals surface area contributed by atoms with E-state index in [1.807, 2.05) is 0 Å². The van der Waals surface area contributed by atoms with Gasteiger partial charge in [0.15, 0.2) is 0 Å². The zero-order valence-electron chi connectivity index (χ0n) is 13.5. The second-order valence-corrected chi connectivity index (χ2v) is 6.39. The first-order valence-corrected chi connectivity index (χ1v) is 8.30. The van der Waals surface area contributed by atoms with Crippen molar-refractivity contribution in [3.8, 4) is 0 Å². The van der Waals surface area contributed by atoms with E-state index >= 15 is 0 Å². The average molecular weight is 339 g/mol. The number of nitrogens with zero attached hydrogens (tertiary/aromatic N) is 1. The lowest BCUT2D eigenvalue weighted by atomic mass is 10.1. The van der Waals surface area contributed by atoms with E-state index < -0.39 is 0 Å². The molecule has 1 unspecified atom stereocenters. The van der Waals surface area contributed by atoms with Crippen LogP contribution < -0.4 is 5.32 Å². The highest BCUT2D eigenvalue weighted by molar-refractivity contribution is 6.30. The molecule has 2 rings (SSSR count). The summed E-state index contributed by atoms with van der Waals surface area (Å²) in [5.41, 5.74) is 0.688. The molecule has 1 fully saturated rings. The summed E-state index contributed by atoms with van der Waals surface area (Å²) in [5, 5.41) is 3.50. The molecule has 6 heteroatoms. The smallest absolute Gasteiger partial charge is 0.322 e. The molecule has 1 aromatic carbocycles. The summed E-state index contributed by atoms with van der Waals surface area (Å²) in [5.74, 6) is -0.649. The molecule has 1 aliphatic carbocycles. The first-order valence-electron chi connectivity index (χ1n) is 7.92. The standard InChI is InChI=1S/C17H23ClN2O3/c1-12(16(21)23-2)11-20(15-5-3-4-6-15)17(22)19-14-9-7-13(18)8-10-14/h7-10,12,15H,3-6,11H2,1-2H3,(H,19,22). The van der Waals surface area contributed by atoms with Gasteiger partial charge in [0.2, 0.25) is 0 Å². The number of rotatable bonds is 5. The summed E-state index contributed by atoms with van der Waals surface area (Å²) >= 11 is 5.86. The molecule has 0 saturated heterocycles. The normalized spacial score (nSPS) is 16.0. The monoisotopic (exact) mass is 338 g/mol. The molecule has 126 valence electrons. The fraction of sp³-hybridized carbons (Fsp3) is 0.529. The van der Waals surface area contributed by atoms with Gasteiger partial charge >= 0.3 is 12.0 Å². The molecule has 1 aromatic rings. The molecule has 0 bridgehead atoms. The largest absolute Gasteiger partial charge is 0.469 e. The van der Waals surface area contributed by atoms with Crippen molar-refractivity contribution in [1.82, 2.24) is 4.90 Å². The summed E-state index contributed by atoms with van der Waals surface area (Å²) in [4.78, 5) is 26.1. The summed E-state index contributed by atoms with van der Waals surface area (Å²) in [6.45, 7) is 2.14. The number of amides is 2. The lowest BCUT2D eigenvalue weighted by Crippen LogP contribution is -2.45. The van der Waals surface area contributed by atoms with Gasteiger partial charge in [0.1, 0.15) is 0 Å². The third kappa shape index (κ3) is 4.86. The maximum atomic E-state index is 12.7. The fourth-order valence-electron chi connectivity index (χ4n) is 2.91. The van der Waals surface area contributed by atoms with Gasteiger partial charge in [-0.05, 0) is 37.1 Å². The molecule has 1 N–H and O–H groups in total. The first-order chi connectivity index (χ1) is 11.0. The molecule has 0 heterocycles. The van der Waals surface area contributed by atoms with Gasteiger partial charge in [-0.3, -0.25) is 4.79 Å². The Morgan fingerprint density at radius 2 is 1.91 bits per heavy atom. The Morgan fingerprint density at radius 1 is 1.30 bits per heavy atom.